The maximum absolute atomic E-state index is 8.94. The Balaban J connectivity index is 0.000000180. The van der Waals surface area contributed by atoms with Gasteiger partial charge in [-0.1, -0.05) is 38.1 Å². The van der Waals surface area contributed by atoms with Gasteiger partial charge in [-0.05, 0) is 48.2 Å². The molecular formula is C16H20O2. The molecule has 0 aromatic heterocycles. The molecule has 0 heterocycles. The fourth-order valence-electron chi connectivity index (χ4n) is 1.55. The van der Waals surface area contributed by atoms with Gasteiger partial charge < -0.3 is 10.2 Å². The van der Waals surface area contributed by atoms with E-state index in [0.717, 1.165) is 12.8 Å². The summed E-state index contributed by atoms with van der Waals surface area (Å²) in [6.45, 7) is 4.13. The van der Waals surface area contributed by atoms with E-state index in [1.807, 2.05) is 24.3 Å². The van der Waals surface area contributed by atoms with Gasteiger partial charge in [-0.2, -0.15) is 0 Å². The SMILES string of the molecule is CCc1cccc(O)c1.CCc1cccc(O)c1. The molecule has 0 radical (unpaired) electrons. The number of phenols is 2. The molecule has 0 amide bonds. The average Bonchev–Trinajstić information content (AvgIpc) is 2.39. The van der Waals surface area contributed by atoms with Crippen molar-refractivity contribution in [2.24, 2.45) is 0 Å². The van der Waals surface area contributed by atoms with Crippen LogP contribution >= 0.6 is 0 Å². The Bertz CT molecular complexity index is 433. The highest BCUT2D eigenvalue weighted by Crippen LogP contribution is 2.11. The first-order valence-corrected chi connectivity index (χ1v) is 6.21. The Kier molecular flexibility index (Phi) is 5.78. The first-order chi connectivity index (χ1) is 8.65. The van der Waals surface area contributed by atoms with E-state index < -0.39 is 0 Å². The topological polar surface area (TPSA) is 40.5 Å². The molecule has 0 spiro atoms. The molecule has 0 fully saturated rings. The predicted octanol–water partition coefficient (Wildman–Crippen LogP) is 3.91. The third-order valence-corrected chi connectivity index (χ3v) is 2.64. The molecule has 0 aliphatic heterocycles. The molecule has 2 N–H and O–H groups in total. The van der Waals surface area contributed by atoms with Crippen LogP contribution in [0.25, 0.3) is 0 Å². The van der Waals surface area contributed by atoms with Gasteiger partial charge in [0, 0.05) is 0 Å². The molecule has 2 nitrogen and oxygen atoms in total. The Morgan fingerprint density at radius 3 is 1.33 bits per heavy atom. The normalized spacial score (nSPS) is 9.44. The Labute approximate surface area is 109 Å². The lowest BCUT2D eigenvalue weighted by molar-refractivity contribution is 0.474. The van der Waals surface area contributed by atoms with Crippen molar-refractivity contribution in [2.45, 2.75) is 26.7 Å². The second-order valence-electron chi connectivity index (χ2n) is 4.05. The number of hydrogen-bond acceptors (Lipinski definition) is 2. The lowest BCUT2D eigenvalue weighted by atomic mass is 10.2. The summed E-state index contributed by atoms with van der Waals surface area (Å²) in [7, 11) is 0. The van der Waals surface area contributed by atoms with Gasteiger partial charge in [-0.3, -0.25) is 0 Å². The summed E-state index contributed by atoms with van der Waals surface area (Å²) < 4.78 is 0. The van der Waals surface area contributed by atoms with Crippen LogP contribution in [0.5, 0.6) is 11.5 Å². The third-order valence-electron chi connectivity index (χ3n) is 2.64. The van der Waals surface area contributed by atoms with E-state index >= 15 is 0 Å². The van der Waals surface area contributed by atoms with Crippen molar-refractivity contribution in [3.05, 3.63) is 59.7 Å². The molecule has 2 heteroatoms. The second kappa shape index (κ2) is 7.38. The second-order valence-corrected chi connectivity index (χ2v) is 4.05. The molecule has 0 saturated carbocycles. The highest BCUT2D eigenvalue weighted by molar-refractivity contribution is 5.27. The van der Waals surface area contributed by atoms with Gasteiger partial charge >= 0.3 is 0 Å². The van der Waals surface area contributed by atoms with Crippen molar-refractivity contribution in [1.29, 1.82) is 0 Å². The average molecular weight is 244 g/mol. The predicted molar refractivity (Wildman–Crippen MR) is 75.0 cm³/mol. The van der Waals surface area contributed by atoms with Gasteiger partial charge in [0.1, 0.15) is 11.5 Å². The van der Waals surface area contributed by atoms with E-state index in [2.05, 4.69) is 13.8 Å². The van der Waals surface area contributed by atoms with Crippen LogP contribution < -0.4 is 0 Å². The highest BCUT2D eigenvalue weighted by Gasteiger charge is 1.88. The van der Waals surface area contributed by atoms with Crippen LogP contribution in [0.15, 0.2) is 48.5 Å². The smallest absolute Gasteiger partial charge is 0.115 e. The standard InChI is InChI=1S/2C8H10O/c2*1-2-7-4-3-5-8(9)6-7/h2*3-6,9H,2H2,1H3. The minimum absolute atomic E-state index is 0.356. The van der Waals surface area contributed by atoms with Crippen LogP contribution in [0.2, 0.25) is 0 Å². The summed E-state index contributed by atoms with van der Waals surface area (Å²) in [5, 5.41) is 17.9. The van der Waals surface area contributed by atoms with Gasteiger partial charge in [0.05, 0.1) is 0 Å². The minimum Gasteiger partial charge on any atom is -0.508 e. The Morgan fingerprint density at radius 2 is 1.11 bits per heavy atom. The molecule has 0 unspecified atom stereocenters. The zero-order valence-corrected chi connectivity index (χ0v) is 10.9. The number of benzene rings is 2. The highest BCUT2D eigenvalue weighted by atomic mass is 16.3. The maximum atomic E-state index is 8.94. The number of aromatic hydroxyl groups is 2. The molecule has 0 saturated heterocycles. The van der Waals surface area contributed by atoms with Crippen LogP contribution in [0, 0.1) is 0 Å². The largest absolute Gasteiger partial charge is 0.508 e. The van der Waals surface area contributed by atoms with Gasteiger partial charge in [-0.15, -0.1) is 0 Å². The van der Waals surface area contributed by atoms with E-state index in [9.17, 15) is 0 Å². The molecule has 2 aromatic carbocycles. The van der Waals surface area contributed by atoms with Crippen molar-refractivity contribution in [1.82, 2.24) is 0 Å². The van der Waals surface area contributed by atoms with Gasteiger partial charge in [-0.25, -0.2) is 0 Å². The zero-order valence-electron chi connectivity index (χ0n) is 10.9. The van der Waals surface area contributed by atoms with Gasteiger partial charge in [0.15, 0.2) is 0 Å². The van der Waals surface area contributed by atoms with Crippen LogP contribution in [0.3, 0.4) is 0 Å². The van der Waals surface area contributed by atoms with E-state index in [1.54, 1.807) is 24.3 Å². The lowest BCUT2D eigenvalue weighted by Gasteiger charge is -1.94. The molecule has 0 aliphatic rings. The van der Waals surface area contributed by atoms with Crippen molar-refractivity contribution in [2.75, 3.05) is 0 Å². The van der Waals surface area contributed by atoms with Gasteiger partial charge in [0.25, 0.3) is 0 Å². The molecule has 0 bridgehead atoms. The molecule has 2 aromatic rings. The van der Waals surface area contributed by atoms with Crippen molar-refractivity contribution in [3.63, 3.8) is 0 Å². The molecule has 2 rings (SSSR count). The van der Waals surface area contributed by atoms with E-state index in [1.165, 1.54) is 11.1 Å². The Hall–Kier alpha value is -1.96. The van der Waals surface area contributed by atoms with Crippen molar-refractivity contribution >= 4 is 0 Å². The minimum atomic E-state index is 0.356. The monoisotopic (exact) mass is 244 g/mol. The molecular weight excluding hydrogens is 224 g/mol. The first-order valence-electron chi connectivity index (χ1n) is 6.21. The molecule has 18 heavy (non-hydrogen) atoms. The first kappa shape index (κ1) is 14.1. The summed E-state index contributed by atoms with van der Waals surface area (Å²) in [5.41, 5.74) is 2.35. The van der Waals surface area contributed by atoms with Crippen LogP contribution in [0.4, 0.5) is 0 Å². The summed E-state index contributed by atoms with van der Waals surface area (Å²) in [4.78, 5) is 0. The quantitative estimate of drug-likeness (QED) is 0.840. The summed E-state index contributed by atoms with van der Waals surface area (Å²) >= 11 is 0. The summed E-state index contributed by atoms with van der Waals surface area (Å²) in [6.07, 6.45) is 1.96. The van der Waals surface area contributed by atoms with E-state index in [0.29, 0.717) is 11.5 Å². The fourth-order valence-corrected chi connectivity index (χ4v) is 1.55. The maximum Gasteiger partial charge on any atom is 0.115 e. The molecule has 0 atom stereocenters. The van der Waals surface area contributed by atoms with Gasteiger partial charge in [0.2, 0.25) is 0 Å². The van der Waals surface area contributed by atoms with E-state index in [-0.39, 0.29) is 0 Å². The molecule has 0 aliphatic carbocycles. The zero-order chi connectivity index (χ0) is 13.4. The van der Waals surface area contributed by atoms with Crippen LogP contribution in [0.1, 0.15) is 25.0 Å². The number of phenolic OH excluding ortho intramolecular Hbond substituents is 2. The third kappa shape index (κ3) is 4.91. The summed E-state index contributed by atoms with van der Waals surface area (Å²) in [6, 6.07) is 14.6. The van der Waals surface area contributed by atoms with E-state index in [4.69, 9.17) is 10.2 Å². The molecule has 96 valence electrons. The van der Waals surface area contributed by atoms with Crippen LogP contribution in [-0.2, 0) is 12.8 Å². The van der Waals surface area contributed by atoms with Crippen LogP contribution in [-0.4, -0.2) is 10.2 Å². The fraction of sp³-hybridized carbons (Fsp3) is 0.250. The number of hydrogen-bond donors (Lipinski definition) is 2. The summed E-state index contributed by atoms with van der Waals surface area (Å²) in [5.74, 6) is 0.712. The Morgan fingerprint density at radius 1 is 0.722 bits per heavy atom. The van der Waals surface area contributed by atoms with Crippen molar-refractivity contribution in [3.8, 4) is 11.5 Å². The van der Waals surface area contributed by atoms with Crippen molar-refractivity contribution < 1.29 is 10.2 Å². The lowest BCUT2D eigenvalue weighted by Crippen LogP contribution is -1.75. The number of aryl methyl sites for hydroxylation is 2. The number of rotatable bonds is 2.